The molecule has 3 rings (SSSR count). The zero-order valence-electron chi connectivity index (χ0n) is 16.0. The summed E-state index contributed by atoms with van der Waals surface area (Å²) in [5.74, 6) is -0.612. The third kappa shape index (κ3) is 4.34. The lowest BCUT2D eigenvalue weighted by atomic mass is 10.0. The molecule has 0 bridgehead atoms. The maximum atomic E-state index is 12.6. The van der Waals surface area contributed by atoms with Crippen molar-refractivity contribution in [3.8, 4) is 6.07 Å². The Bertz CT molecular complexity index is 838. The molecular formula is C20H26N6O. The molecule has 0 radical (unpaired) electrons. The summed E-state index contributed by atoms with van der Waals surface area (Å²) < 4.78 is 0. The number of unbranched alkanes of at least 4 members (excludes halogenated alkanes) is 1. The number of nitriles is 1. The summed E-state index contributed by atoms with van der Waals surface area (Å²) in [6.45, 7) is 6.05. The number of carbonyl (C=O) groups excluding carboxylic acids is 1. The molecule has 1 aliphatic heterocycles. The predicted molar refractivity (Wildman–Crippen MR) is 106 cm³/mol. The van der Waals surface area contributed by atoms with Crippen LogP contribution >= 0.6 is 0 Å². The van der Waals surface area contributed by atoms with Gasteiger partial charge in [-0.1, -0.05) is 25.5 Å². The van der Waals surface area contributed by atoms with E-state index in [4.69, 9.17) is 4.98 Å². The minimum atomic E-state index is -0.964. The van der Waals surface area contributed by atoms with Gasteiger partial charge in [0.2, 0.25) is 5.91 Å². The lowest BCUT2D eigenvalue weighted by Gasteiger charge is -2.34. The van der Waals surface area contributed by atoms with Crippen LogP contribution in [0.2, 0.25) is 0 Å². The zero-order valence-corrected chi connectivity index (χ0v) is 16.0. The number of benzene rings is 1. The monoisotopic (exact) mass is 366 g/mol. The van der Waals surface area contributed by atoms with Gasteiger partial charge in [0.25, 0.3) is 0 Å². The first-order valence-corrected chi connectivity index (χ1v) is 9.51. The average Bonchev–Trinajstić information content (AvgIpc) is 2.69. The second-order valence-corrected chi connectivity index (χ2v) is 6.92. The first-order chi connectivity index (χ1) is 13.1. The fourth-order valence-electron chi connectivity index (χ4n) is 3.18. The molecule has 7 heteroatoms. The number of para-hydroxylation sites is 2. The van der Waals surface area contributed by atoms with Gasteiger partial charge in [0.15, 0.2) is 11.7 Å². The highest BCUT2D eigenvalue weighted by Gasteiger charge is 2.29. The molecule has 1 aromatic heterocycles. The zero-order chi connectivity index (χ0) is 19.2. The number of aromatic nitrogens is 2. The summed E-state index contributed by atoms with van der Waals surface area (Å²) >= 11 is 0. The fraction of sp³-hybridized carbons (Fsp3) is 0.500. The maximum absolute atomic E-state index is 12.6. The van der Waals surface area contributed by atoms with Gasteiger partial charge < -0.3 is 15.1 Å². The quantitative estimate of drug-likeness (QED) is 0.786. The summed E-state index contributed by atoms with van der Waals surface area (Å²) in [5, 5.41) is 12.6. The van der Waals surface area contributed by atoms with Crippen LogP contribution in [0.4, 0.5) is 5.82 Å². The van der Waals surface area contributed by atoms with Crippen molar-refractivity contribution in [1.82, 2.24) is 20.2 Å². The second kappa shape index (κ2) is 8.78. The smallest absolute Gasteiger partial charge is 0.243 e. The summed E-state index contributed by atoms with van der Waals surface area (Å²) in [6.07, 6.45) is 1.87. The molecule has 0 unspecified atom stereocenters. The number of carbonyl (C=O) groups is 1. The number of nitrogens with one attached hydrogen (secondary N) is 1. The van der Waals surface area contributed by atoms with Crippen molar-refractivity contribution in [1.29, 1.82) is 5.26 Å². The van der Waals surface area contributed by atoms with Gasteiger partial charge >= 0.3 is 0 Å². The molecule has 1 amide bonds. The van der Waals surface area contributed by atoms with Gasteiger partial charge in [-0.15, -0.1) is 0 Å². The predicted octanol–water partition coefficient (Wildman–Crippen LogP) is 1.91. The fourth-order valence-corrected chi connectivity index (χ4v) is 3.18. The summed E-state index contributed by atoms with van der Waals surface area (Å²) in [5.41, 5.74) is 1.93. The van der Waals surface area contributed by atoms with Crippen LogP contribution < -0.4 is 10.2 Å². The molecule has 1 aliphatic rings. The van der Waals surface area contributed by atoms with Crippen LogP contribution in [0.15, 0.2) is 24.3 Å². The summed E-state index contributed by atoms with van der Waals surface area (Å²) in [6, 6.07) is 9.73. The van der Waals surface area contributed by atoms with Crippen LogP contribution in [0.25, 0.3) is 11.0 Å². The minimum Gasteiger partial charge on any atom is -0.355 e. The van der Waals surface area contributed by atoms with E-state index >= 15 is 0 Å². The van der Waals surface area contributed by atoms with Crippen LogP contribution in [0.1, 0.15) is 31.4 Å². The SMILES string of the molecule is CCCCNC(=O)[C@H](C#N)c1nc2ccccc2nc1N1CCN(C)CC1. The lowest BCUT2D eigenvalue weighted by molar-refractivity contribution is -0.121. The van der Waals surface area contributed by atoms with E-state index in [1.807, 2.05) is 24.3 Å². The van der Waals surface area contributed by atoms with Crippen molar-refractivity contribution in [3.05, 3.63) is 30.0 Å². The Kier molecular flexibility index (Phi) is 6.20. The molecule has 1 fully saturated rings. The molecule has 2 aromatic rings. The third-order valence-electron chi connectivity index (χ3n) is 4.88. The van der Waals surface area contributed by atoms with Crippen molar-refractivity contribution in [3.63, 3.8) is 0 Å². The molecule has 27 heavy (non-hydrogen) atoms. The normalized spacial score (nSPS) is 16.1. The van der Waals surface area contributed by atoms with Crippen molar-refractivity contribution < 1.29 is 4.79 Å². The Morgan fingerprint density at radius 3 is 2.52 bits per heavy atom. The average molecular weight is 366 g/mol. The molecule has 7 nitrogen and oxygen atoms in total. The van der Waals surface area contributed by atoms with Crippen molar-refractivity contribution >= 4 is 22.8 Å². The minimum absolute atomic E-state index is 0.300. The Morgan fingerprint density at radius 2 is 1.89 bits per heavy atom. The molecule has 1 saturated heterocycles. The van der Waals surface area contributed by atoms with Crippen molar-refractivity contribution in [2.24, 2.45) is 0 Å². The van der Waals surface area contributed by atoms with Crippen molar-refractivity contribution in [2.45, 2.75) is 25.7 Å². The molecular weight excluding hydrogens is 340 g/mol. The number of likely N-dealkylation sites (N-methyl/N-ethyl adjacent to an activating group) is 1. The third-order valence-corrected chi connectivity index (χ3v) is 4.88. The largest absolute Gasteiger partial charge is 0.355 e. The van der Waals surface area contributed by atoms with E-state index in [-0.39, 0.29) is 5.91 Å². The van der Waals surface area contributed by atoms with E-state index in [9.17, 15) is 10.1 Å². The van der Waals surface area contributed by atoms with Crippen LogP contribution in [-0.4, -0.2) is 60.5 Å². The Balaban J connectivity index is 1.99. The highest BCUT2D eigenvalue weighted by atomic mass is 16.1. The number of hydrogen-bond acceptors (Lipinski definition) is 6. The van der Waals surface area contributed by atoms with Gasteiger partial charge in [-0.3, -0.25) is 4.79 Å². The van der Waals surface area contributed by atoms with Gasteiger partial charge in [0.1, 0.15) is 5.69 Å². The van der Waals surface area contributed by atoms with Crippen LogP contribution in [0, 0.1) is 11.3 Å². The van der Waals surface area contributed by atoms with Gasteiger partial charge in [-0.05, 0) is 25.6 Å². The van der Waals surface area contributed by atoms with E-state index < -0.39 is 5.92 Å². The maximum Gasteiger partial charge on any atom is 0.243 e. The van der Waals surface area contributed by atoms with E-state index in [0.717, 1.165) is 44.5 Å². The Hall–Kier alpha value is -2.72. The molecule has 2 heterocycles. The summed E-state index contributed by atoms with van der Waals surface area (Å²) in [7, 11) is 2.09. The number of piperazine rings is 1. The van der Waals surface area contributed by atoms with E-state index in [2.05, 4.69) is 40.1 Å². The molecule has 142 valence electrons. The standard InChI is InChI=1S/C20H26N6O/c1-3-4-9-22-20(27)15(14-21)18-19(26-12-10-25(2)11-13-26)24-17-8-6-5-7-16(17)23-18/h5-8,15H,3-4,9-13H2,1-2H3,(H,22,27)/t15-/m1/s1. The number of nitrogens with zero attached hydrogens (tertiary/aromatic N) is 5. The Labute approximate surface area is 160 Å². The molecule has 1 aromatic carbocycles. The number of amides is 1. The van der Waals surface area contributed by atoms with Gasteiger partial charge in [-0.2, -0.15) is 5.26 Å². The van der Waals surface area contributed by atoms with Gasteiger partial charge in [-0.25, -0.2) is 9.97 Å². The number of anilines is 1. The highest BCUT2D eigenvalue weighted by Crippen LogP contribution is 2.28. The topological polar surface area (TPSA) is 85.1 Å². The van der Waals surface area contributed by atoms with E-state index in [0.29, 0.717) is 23.6 Å². The molecule has 0 saturated carbocycles. The van der Waals surface area contributed by atoms with Crippen LogP contribution in [-0.2, 0) is 4.79 Å². The van der Waals surface area contributed by atoms with Crippen molar-refractivity contribution in [2.75, 3.05) is 44.7 Å². The number of rotatable bonds is 6. The van der Waals surface area contributed by atoms with Crippen LogP contribution in [0.3, 0.4) is 0 Å². The molecule has 0 aliphatic carbocycles. The van der Waals surface area contributed by atoms with Gasteiger partial charge in [0.05, 0.1) is 17.1 Å². The number of hydrogen-bond donors (Lipinski definition) is 1. The summed E-state index contributed by atoms with van der Waals surface area (Å²) in [4.78, 5) is 26.5. The Morgan fingerprint density at radius 1 is 1.22 bits per heavy atom. The molecule has 1 atom stereocenters. The first kappa shape index (κ1) is 19.1. The second-order valence-electron chi connectivity index (χ2n) is 6.92. The number of fused-ring (bicyclic) bond motifs is 1. The highest BCUT2D eigenvalue weighted by molar-refractivity contribution is 5.88. The lowest BCUT2D eigenvalue weighted by Crippen LogP contribution is -2.45. The molecule has 1 N–H and O–H groups in total. The molecule has 0 spiro atoms. The van der Waals surface area contributed by atoms with E-state index in [1.54, 1.807) is 0 Å². The van der Waals surface area contributed by atoms with Crippen LogP contribution in [0.5, 0.6) is 0 Å². The van der Waals surface area contributed by atoms with Gasteiger partial charge in [0, 0.05) is 32.7 Å². The first-order valence-electron chi connectivity index (χ1n) is 9.51. The van der Waals surface area contributed by atoms with E-state index in [1.165, 1.54) is 0 Å².